The number of nitrogens with one attached hydrogen (secondary N) is 1. The van der Waals surface area contributed by atoms with Crippen LogP contribution in [0.15, 0.2) is 50.6 Å². The van der Waals surface area contributed by atoms with Crippen LogP contribution in [0.3, 0.4) is 0 Å². The van der Waals surface area contributed by atoms with Gasteiger partial charge in [-0.15, -0.1) is 0 Å². The van der Waals surface area contributed by atoms with Crippen molar-refractivity contribution in [3.63, 3.8) is 0 Å². The second kappa shape index (κ2) is 5.99. The Hall–Kier alpha value is -2.51. The van der Waals surface area contributed by atoms with E-state index in [2.05, 4.69) is 19.2 Å². The van der Waals surface area contributed by atoms with Crippen LogP contribution < -0.4 is 14.8 Å². The molecule has 28 heavy (non-hydrogen) atoms. The summed E-state index contributed by atoms with van der Waals surface area (Å²) >= 11 is 0. The Morgan fingerprint density at radius 3 is 2.75 bits per heavy atom. The number of para-hydroxylation sites is 1. The maximum atomic E-state index is 13.3. The van der Waals surface area contributed by atoms with Gasteiger partial charge in [0.25, 0.3) is 0 Å². The molecule has 146 valence electrons. The van der Waals surface area contributed by atoms with Crippen LogP contribution in [0.4, 0.5) is 0 Å². The number of benzene rings is 2. The topological polar surface area (TPSA) is 77.8 Å². The van der Waals surface area contributed by atoms with Gasteiger partial charge < -0.3 is 19.2 Å². The third-order valence-electron chi connectivity index (χ3n) is 5.40. The van der Waals surface area contributed by atoms with E-state index in [9.17, 15) is 8.42 Å². The summed E-state index contributed by atoms with van der Waals surface area (Å²) < 4.78 is 43.9. The van der Waals surface area contributed by atoms with Gasteiger partial charge in [0.15, 0.2) is 11.5 Å². The minimum Gasteiger partial charge on any atom is -0.486 e. The van der Waals surface area contributed by atoms with E-state index in [0.717, 1.165) is 29.7 Å². The van der Waals surface area contributed by atoms with Crippen molar-refractivity contribution in [1.82, 2.24) is 5.32 Å². The first kappa shape index (κ1) is 17.6. The lowest BCUT2D eigenvalue weighted by Crippen LogP contribution is -2.41. The predicted octanol–water partition coefficient (Wildman–Crippen LogP) is 3.42. The van der Waals surface area contributed by atoms with Gasteiger partial charge >= 0.3 is 0 Å². The van der Waals surface area contributed by atoms with Crippen molar-refractivity contribution in [2.24, 2.45) is 0 Å². The molecule has 7 heteroatoms. The van der Waals surface area contributed by atoms with Crippen LogP contribution in [0.5, 0.6) is 11.5 Å². The van der Waals surface area contributed by atoms with Crippen LogP contribution in [0, 0.1) is 0 Å². The number of hydrogen-bond donors (Lipinski definition) is 1. The maximum absolute atomic E-state index is 13.3. The molecule has 0 amide bonds. The Labute approximate surface area is 163 Å². The maximum Gasteiger partial charge on any atom is 0.210 e. The fourth-order valence-electron chi connectivity index (χ4n) is 4.02. The molecule has 0 fully saturated rings. The summed E-state index contributed by atoms with van der Waals surface area (Å²) in [6.45, 7) is 5.73. The summed E-state index contributed by atoms with van der Waals surface area (Å²) in [5, 5.41) is 4.41. The minimum absolute atomic E-state index is 0.113. The molecule has 6 nitrogen and oxygen atoms in total. The molecule has 0 bridgehead atoms. The molecule has 3 heterocycles. The van der Waals surface area contributed by atoms with Crippen LogP contribution >= 0.6 is 0 Å². The zero-order valence-electron chi connectivity index (χ0n) is 15.7. The first-order chi connectivity index (χ1) is 13.4. The molecule has 0 spiro atoms. The molecule has 0 unspecified atom stereocenters. The van der Waals surface area contributed by atoms with Crippen molar-refractivity contribution in [3.8, 4) is 11.5 Å². The van der Waals surface area contributed by atoms with Gasteiger partial charge in [0.05, 0.1) is 10.4 Å². The van der Waals surface area contributed by atoms with Crippen LogP contribution in [-0.4, -0.2) is 28.2 Å². The lowest BCUT2D eigenvalue weighted by Gasteiger charge is -2.29. The molecule has 2 aliphatic rings. The summed E-state index contributed by atoms with van der Waals surface area (Å²) in [6.07, 6.45) is 0.856. The van der Waals surface area contributed by atoms with Gasteiger partial charge in [0.2, 0.25) is 9.84 Å². The summed E-state index contributed by atoms with van der Waals surface area (Å²) in [6, 6.07) is 10.0. The third-order valence-corrected chi connectivity index (χ3v) is 7.18. The van der Waals surface area contributed by atoms with Gasteiger partial charge in [0.1, 0.15) is 29.5 Å². The zero-order chi connectivity index (χ0) is 19.5. The average Bonchev–Trinajstić information content (AvgIpc) is 3.07. The second-order valence-corrected chi connectivity index (χ2v) is 9.57. The standard InChI is InChI=1S/C21H21NO5S/c1-21(2)20-15(8-9-22-21)14-7-6-13(12-17(14)27-20)28(23,24)18-5-3-4-16-19(18)26-11-10-25-16/h3-7,12,22H,8-11H2,1-2H3. The van der Waals surface area contributed by atoms with Gasteiger partial charge in [-0.2, -0.15) is 0 Å². The Kier molecular flexibility index (Phi) is 3.76. The molecule has 0 saturated carbocycles. The molecule has 5 rings (SSSR count). The van der Waals surface area contributed by atoms with E-state index in [-0.39, 0.29) is 21.1 Å². The van der Waals surface area contributed by atoms with Gasteiger partial charge in [0, 0.05) is 23.6 Å². The van der Waals surface area contributed by atoms with E-state index in [1.54, 1.807) is 30.3 Å². The summed E-state index contributed by atoms with van der Waals surface area (Å²) in [7, 11) is -3.78. The van der Waals surface area contributed by atoms with Gasteiger partial charge in [-0.1, -0.05) is 6.07 Å². The molecule has 3 aromatic rings. The van der Waals surface area contributed by atoms with Crippen LogP contribution in [-0.2, 0) is 21.8 Å². The Balaban J connectivity index is 1.66. The highest BCUT2D eigenvalue weighted by Gasteiger charge is 2.33. The van der Waals surface area contributed by atoms with Crippen molar-refractivity contribution in [1.29, 1.82) is 0 Å². The normalized spacial score (nSPS) is 18.1. The van der Waals surface area contributed by atoms with E-state index in [0.29, 0.717) is 24.5 Å². The Morgan fingerprint density at radius 2 is 1.89 bits per heavy atom. The van der Waals surface area contributed by atoms with E-state index in [1.165, 1.54) is 0 Å². The first-order valence-corrected chi connectivity index (χ1v) is 10.8. The fraction of sp³-hybridized carbons (Fsp3) is 0.333. The van der Waals surface area contributed by atoms with E-state index >= 15 is 0 Å². The van der Waals surface area contributed by atoms with Crippen LogP contribution in [0.2, 0.25) is 0 Å². The van der Waals surface area contributed by atoms with Crippen molar-refractivity contribution < 1.29 is 22.3 Å². The molecule has 2 aromatic carbocycles. The molecule has 0 radical (unpaired) electrons. The van der Waals surface area contributed by atoms with E-state index < -0.39 is 9.84 Å². The monoisotopic (exact) mass is 399 g/mol. The molecule has 0 aliphatic carbocycles. The molecular formula is C21H21NO5S. The third kappa shape index (κ3) is 2.53. The predicted molar refractivity (Wildman–Crippen MR) is 104 cm³/mol. The molecule has 2 aliphatic heterocycles. The van der Waals surface area contributed by atoms with E-state index in [4.69, 9.17) is 13.9 Å². The first-order valence-electron chi connectivity index (χ1n) is 9.32. The van der Waals surface area contributed by atoms with E-state index in [1.807, 2.05) is 6.07 Å². The summed E-state index contributed by atoms with van der Waals surface area (Å²) in [5.74, 6) is 1.60. The number of hydrogen-bond acceptors (Lipinski definition) is 6. The van der Waals surface area contributed by atoms with Crippen molar-refractivity contribution in [2.75, 3.05) is 19.8 Å². The minimum atomic E-state index is -3.78. The van der Waals surface area contributed by atoms with Crippen molar-refractivity contribution in [3.05, 3.63) is 47.7 Å². The molecule has 0 atom stereocenters. The Morgan fingerprint density at radius 1 is 1.07 bits per heavy atom. The number of rotatable bonds is 2. The molecular weight excluding hydrogens is 378 g/mol. The molecule has 1 aromatic heterocycles. The average molecular weight is 399 g/mol. The SMILES string of the molecule is CC1(C)NCCc2c1oc1cc(S(=O)(=O)c3cccc4c3OCCO4)ccc21. The fourth-order valence-corrected chi connectivity index (χ4v) is 5.44. The number of fused-ring (bicyclic) bond motifs is 4. The highest BCUT2D eigenvalue weighted by atomic mass is 32.2. The Bertz CT molecular complexity index is 1190. The second-order valence-electron chi connectivity index (χ2n) is 7.65. The van der Waals surface area contributed by atoms with Gasteiger partial charge in [-0.25, -0.2) is 8.42 Å². The smallest absolute Gasteiger partial charge is 0.210 e. The van der Waals surface area contributed by atoms with Crippen molar-refractivity contribution >= 4 is 20.8 Å². The molecule has 1 N–H and O–H groups in total. The largest absolute Gasteiger partial charge is 0.486 e. The summed E-state index contributed by atoms with van der Waals surface area (Å²) in [4.78, 5) is 0.293. The number of sulfone groups is 1. The zero-order valence-corrected chi connectivity index (χ0v) is 16.6. The van der Waals surface area contributed by atoms with Crippen LogP contribution in [0.1, 0.15) is 25.2 Å². The summed E-state index contributed by atoms with van der Waals surface area (Å²) in [5.41, 5.74) is 1.45. The highest BCUT2D eigenvalue weighted by molar-refractivity contribution is 7.91. The lowest BCUT2D eigenvalue weighted by atomic mass is 9.91. The number of furan rings is 1. The lowest BCUT2D eigenvalue weighted by molar-refractivity contribution is 0.167. The number of ether oxygens (including phenoxy) is 2. The van der Waals surface area contributed by atoms with Crippen LogP contribution in [0.25, 0.3) is 11.0 Å². The molecule has 0 saturated heterocycles. The van der Waals surface area contributed by atoms with Gasteiger partial charge in [-0.05, 0) is 44.5 Å². The quantitative estimate of drug-likeness (QED) is 0.712. The highest BCUT2D eigenvalue weighted by Crippen LogP contribution is 2.41. The van der Waals surface area contributed by atoms with Crippen molar-refractivity contribution in [2.45, 2.75) is 35.6 Å². The van der Waals surface area contributed by atoms with Gasteiger partial charge in [-0.3, -0.25) is 0 Å².